The van der Waals surface area contributed by atoms with Crippen molar-refractivity contribution in [2.75, 3.05) is 20.8 Å². The molecule has 1 N–H and O–H groups in total. The summed E-state index contributed by atoms with van der Waals surface area (Å²) >= 11 is 0. The van der Waals surface area contributed by atoms with Crippen LogP contribution in [0.4, 0.5) is 0 Å². The van der Waals surface area contributed by atoms with E-state index in [-0.39, 0.29) is 24.9 Å². The van der Waals surface area contributed by atoms with Crippen molar-refractivity contribution in [1.82, 2.24) is 25.2 Å². The van der Waals surface area contributed by atoms with Gasteiger partial charge in [0.2, 0.25) is 11.8 Å². The van der Waals surface area contributed by atoms with Crippen LogP contribution in [0.25, 0.3) is 11.0 Å². The number of rotatable bonds is 12. The molecule has 0 fully saturated rings. The van der Waals surface area contributed by atoms with Crippen LogP contribution >= 0.6 is 0 Å². The smallest absolute Gasteiger partial charge is 0.247 e. The average Bonchev–Trinajstić information content (AvgIpc) is 3.36. The minimum atomic E-state index is -0.921. The molecule has 0 unspecified atom stereocenters. The van der Waals surface area contributed by atoms with Gasteiger partial charge in [0.15, 0.2) is 11.5 Å². The third kappa shape index (κ3) is 6.77. The summed E-state index contributed by atoms with van der Waals surface area (Å²) in [6.45, 7) is 6.87. The van der Waals surface area contributed by atoms with E-state index < -0.39 is 6.04 Å². The van der Waals surface area contributed by atoms with Crippen LogP contribution in [0.1, 0.15) is 43.0 Å². The Labute approximate surface area is 235 Å². The standard InChI is InChI=1S/C31H37N5O4/c1-21(2)16-17-32-31(38)30(24-14-15-27(39-4)28(18-24)40-5)35(19-23-12-10-22(3)11-13-23)29(37)20-36-26-9-7-6-8-25(26)33-34-36/h6-15,18,21,30H,16-17,19-20H2,1-5H3,(H,32,38)/t30-/m1/s1. The molecule has 4 rings (SSSR count). The molecular formula is C31H37N5O4. The monoisotopic (exact) mass is 543 g/mol. The maximum Gasteiger partial charge on any atom is 0.247 e. The van der Waals surface area contributed by atoms with Crippen LogP contribution < -0.4 is 14.8 Å². The van der Waals surface area contributed by atoms with Gasteiger partial charge in [0.05, 0.1) is 19.7 Å². The number of nitrogens with zero attached hydrogens (tertiary/aromatic N) is 4. The Morgan fingerprint density at radius 2 is 1.70 bits per heavy atom. The Morgan fingerprint density at radius 1 is 0.975 bits per heavy atom. The van der Waals surface area contributed by atoms with Crippen LogP contribution in [-0.4, -0.2) is 52.5 Å². The molecule has 1 heterocycles. The third-order valence-corrected chi connectivity index (χ3v) is 6.80. The topological polar surface area (TPSA) is 98.6 Å². The largest absolute Gasteiger partial charge is 0.493 e. The summed E-state index contributed by atoms with van der Waals surface area (Å²) < 4.78 is 12.5. The summed E-state index contributed by atoms with van der Waals surface area (Å²) in [5.74, 6) is 0.901. The average molecular weight is 544 g/mol. The molecule has 210 valence electrons. The van der Waals surface area contributed by atoms with Gasteiger partial charge >= 0.3 is 0 Å². The van der Waals surface area contributed by atoms with Crippen molar-refractivity contribution in [3.8, 4) is 11.5 Å². The summed E-state index contributed by atoms with van der Waals surface area (Å²) in [7, 11) is 3.10. The maximum absolute atomic E-state index is 14.1. The van der Waals surface area contributed by atoms with Gasteiger partial charge in [-0.15, -0.1) is 5.10 Å². The molecule has 9 heteroatoms. The molecule has 4 aromatic rings. The van der Waals surface area contributed by atoms with E-state index in [1.54, 1.807) is 42.0 Å². The van der Waals surface area contributed by atoms with Crippen molar-refractivity contribution in [3.05, 3.63) is 83.4 Å². The van der Waals surface area contributed by atoms with E-state index in [0.29, 0.717) is 35.0 Å². The number of carbonyl (C=O) groups excluding carboxylic acids is 2. The van der Waals surface area contributed by atoms with Gasteiger partial charge in [-0.25, -0.2) is 4.68 Å². The number of aromatic nitrogens is 3. The fourth-order valence-electron chi connectivity index (χ4n) is 4.54. The number of fused-ring (bicyclic) bond motifs is 1. The number of hydrogen-bond donors (Lipinski definition) is 1. The summed E-state index contributed by atoms with van der Waals surface area (Å²) in [4.78, 5) is 29.6. The lowest BCUT2D eigenvalue weighted by Crippen LogP contribution is -2.45. The van der Waals surface area contributed by atoms with Crippen molar-refractivity contribution in [3.63, 3.8) is 0 Å². The number of carbonyl (C=O) groups is 2. The van der Waals surface area contributed by atoms with Crippen molar-refractivity contribution < 1.29 is 19.1 Å². The molecule has 0 aliphatic heterocycles. The van der Waals surface area contributed by atoms with Gasteiger partial charge in [-0.2, -0.15) is 0 Å². The molecule has 0 saturated carbocycles. The van der Waals surface area contributed by atoms with Crippen LogP contribution in [0, 0.1) is 12.8 Å². The van der Waals surface area contributed by atoms with Crippen molar-refractivity contribution >= 4 is 22.8 Å². The molecule has 0 spiro atoms. The van der Waals surface area contributed by atoms with Crippen LogP contribution in [0.2, 0.25) is 0 Å². The van der Waals surface area contributed by atoms with E-state index in [1.807, 2.05) is 55.5 Å². The summed E-state index contributed by atoms with van der Waals surface area (Å²) in [6.07, 6.45) is 0.821. The molecule has 0 radical (unpaired) electrons. The van der Waals surface area contributed by atoms with Crippen LogP contribution in [0.5, 0.6) is 11.5 Å². The highest BCUT2D eigenvalue weighted by Crippen LogP contribution is 2.33. The molecule has 0 bridgehead atoms. The molecule has 0 saturated heterocycles. The molecule has 0 aliphatic rings. The Balaban J connectivity index is 1.76. The highest BCUT2D eigenvalue weighted by Gasteiger charge is 2.33. The first-order chi connectivity index (χ1) is 19.3. The quantitative estimate of drug-likeness (QED) is 0.278. The molecule has 9 nitrogen and oxygen atoms in total. The number of para-hydroxylation sites is 1. The van der Waals surface area contributed by atoms with Gasteiger partial charge in [0.25, 0.3) is 0 Å². The lowest BCUT2D eigenvalue weighted by Gasteiger charge is -2.32. The Kier molecular flexibility index (Phi) is 9.37. The maximum atomic E-state index is 14.1. The number of methoxy groups -OCH3 is 2. The minimum Gasteiger partial charge on any atom is -0.493 e. The van der Waals surface area contributed by atoms with Crippen molar-refractivity contribution in [1.29, 1.82) is 0 Å². The first kappa shape index (κ1) is 28.6. The van der Waals surface area contributed by atoms with Gasteiger partial charge < -0.3 is 19.7 Å². The third-order valence-electron chi connectivity index (χ3n) is 6.80. The molecule has 3 aromatic carbocycles. The van der Waals surface area contributed by atoms with Gasteiger partial charge in [-0.1, -0.05) is 67.1 Å². The molecule has 1 aromatic heterocycles. The summed E-state index contributed by atoms with van der Waals surface area (Å²) in [5.41, 5.74) is 4.07. The molecule has 2 amide bonds. The minimum absolute atomic E-state index is 0.0740. The van der Waals surface area contributed by atoms with Gasteiger partial charge in [-0.05, 0) is 54.7 Å². The normalized spacial score (nSPS) is 11.8. The second kappa shape index (κ2) is 13.1. The van der Waals surface area contributed by atoms with Gasteiger partial charge in [-0.3, -0.25) is 9.59 Å². The van der Waals surface area contributed by atoms with E-state index in [4.69, 9.17) is 9.47 Å². The zero-order chi connectivity index (χ0) is 28.6. The summed E-state index contributed by atoms with van der Waals surface area (Å²) in [6, 6.07) is 19.8. The zero-order valence-electron chi connectivity index (χ0n) is 23.8. The Morgan fingerprint density at radius 3 is 2.40 bits per heavy atom. The van der Waals surface area contributed by atoms with E-state index in [1.165, 1.54) is 0 Å². The molecular weight excluding hydrogens is 506 g/mol. The first-order valence-electron chi connectivity index (χ1n) is 13.4. The Bertz CT molecular complexity index is 1450. The molecule has 0 aliphatic carbocycles. The van der Waals surface area contributed by atoms with Crippen LogP contribution in [0.3, 0.4) is 0 Å². The predicted octanol–water partition coefficient (Wildman–Crippen LogP) is 4.69. The highest BCUT2D eigenvalue weighted by atomic mass is 16.5. The zero-order valence-corrected chi connectivity index (χ0v) is 23.8. The number of hydrogen-bond acceptors (Lipinski definition) is 6. The fraction of sp³-hybridized carbons (Fsp3) is 0.355. The second-order valence-electron chi connectivity index (χ2n) is 10.2. The van der Waals surface area contributed by atoms with Crippen molar-refractivity contribution in [2.45, 2.75) is 46.3 Å². The van der Waals surface area contributed by atoms with Crippen LogP contribution in [0.15, 0.2) is 66.7 Å². The lowest BCUT2D eigenvalue weighted by molar-refractivity contribution is -0.142. The number of aryl methyl sites for hydroxylation is 1. The highest BCUT2D eigenvalue weighted by molar-refractivity contribution is 5.89. The fourth-order valence-corrected chi connectivity index (χ4v) is 4.54. The van der Waals surface area contributed by atoms with Gasteiger partial charge in [0, 0.05) is 13.1 Å². The van der Waals surface area contributed by atoms with Crippen LogP contribution in [-0.2, 0) is 22.7 Å². The van der Waals surface area contributed by atoms with E-state index in [0.717, 1.165) is 23.1 Å². The van der Waals surface area contributed by atoms with Crippen molar-refractivity contribution in [2.24, 2.45) is 5.92 Å². The number of nitrogens with one attached hydrogen (secondary N) is 1. The second-order valence-corrected chi connectivity index (χ2v) is 10.2. The lowest BCUT2D eigenvalue weighted by atomic mass is 10.0. The number of ether oxygens (including phenoxy) is 2. The first-order valence-corrected chi connectivity index (χ1v) is 13.4. The predicted molar refractivity (Wildman–Crippen MR) is 154 cm³/mol. The van der Waals surface area contributed by atoms with E-state index in [2.05, 4.69) is 29.5 Å². The molecule has 1 atom stereocenters. The molecule has 40 heavy (non-hydrogen) atoms. The number of amides is 2. The SMILES string of the molecule is COc1ccc([C@H](C(=O)NCCC(C)C)N(Cc2ccc(C)cc2)C(=O)Cn2nnc3ccccc32)cc1OC. The van der Waals surface area contributed by atoms with Gasteiger partial charge in [0.1, 0.15) is 18.1 Å². The Hall–Kier alpha value is -4.40. The van der Waals surface area contributed by atoms with E-state index in [9.17, 15) is 9.59 Å². The summed E-state index contributed by atoms with van der Waals surface area (Å²) in [5, 5.41) is 11.5. The number of benzene rings is 3. The van der Waals surface area contributed by atoms with E-state index >= 15 is 0 Å².